The molecule has 18 heavy (non-hydrogen) atoms. The minimum absolute atomic E-state index is 0.219. The Hall–Kier alpha value is -1.49. The number of hydrogen-bond acceptors (Lipinski definition) is 4. The molecule has 1 aliphatic rings. The molecule has 5 heteroatoms. The van der Waals surface area contributed by atoms with Crippen molar-refractivity contribution in [1.29, 1.82) is 0 Å². The zero-order chi connectivity index (χ0) is 12.4. The van der Waals surface area contributed by atoms with Crippen molar-refractivity contribution < 1.29 is 0 Å². The van der Waals surface area contributed by atoms with Crippen LogP contribution in [0.2, 0.25) is 0 Å². The Bertz CT molecular complexity index is 527. The standard InChI is InChI=1S/C13H19N5/c14-10-13(5-2-1-3-6-13)9-11-16-17-12-15-7-4-8-18(11)12/h4,7-8H,1-3,5-6,9-10,14H2. The van der Waals surface area contributed by atoms with Crippen molar-refractivity contribution in [2.24, 2.45) is 11.1 Å². The third kappa shape index (κ3) is 1.99. The summed E-state index contributed by atoms with van der Waals surface area (Å²) in [5.41, 5.74) is 6.25. The van der Waals surface area contributed by atoms with Crippen LogP contribution >= 0.6 is 0 Å². The van der Waals surface area contributed by atoms with E-state index in [0.717, 1.165) is 18.8 Å². The number of nitrogens with zero attached hydrogens (tertiary/aromatic N) is 4. The van der Waals surface area contributed by atoms with Crippen LogP contribution in [-0.4, -0.2) is 26.1 Å². The van der Waals surface area contributed by atoms with Crippen LogP contribution < -0.4 is 5.73 Å². The molecule has 0 aliphatic heterocycles. The number of aromatic nitrogens is 4. The Morgan fingerprint density at radius 3 is 2.83 bits per heavy atom. The summed E-state index contributed by atoms with van der Waals surface area (Å²) in [7, 11) is 0. The first-order chi connectivity index (χ1) is 8.83. The molecular weight excluding hydrogens is 226 g/mol. The molecule has 1 aliphatic carbocycles. The summed E-state index contributed by atoms with van der Waals surface area (Å²) in [4.78, 5) is 4.20. The lowest BCUT2D eigenvalue weighted by atomic mass is 9.72. The van der Waals surface area contributed by atoms with Crippen LogP contribution in [0.3, 0.4) is 0 Å². The first-order valence-electron chi connectivity index (χ1n) is 6.68. The normalized spacial score (nSPS) is 19.2. The molecule has 0 unspecified atom stereocenters. The third-order valence-corrected chi connectivity index (χ3v) is 4.14. The Labute approximate surface area is 106 Å². The molecule has 1 saturated carbocycles. The molecule has 2 heterocycles. The van der Waals surface area contributed by atoms with Gasteiger partial charge in [0.1, 0.15) is 5.82 Å². The molecule has 0 bridgehead atoms. The van der Waals surface area contributed by atoms with E-state index in [9.17, 15) is 0 Å². The fourth-order valence-electron chi connectivity index (χ4n) is 3.00. The maximum atomic E-state index is 6.03. The first-order valence-corrected chi connectivity index (χ1v) is 6.68. The predicted molar refractivity (Wildman–Crippen MR) is 69.1 cm³/mol. The van der Waals surface area contributed by atoms with Crippen LogP contribution in [0.25, 0.3) is 5.78 Å². The predicted octanol–water partition coefficient (Wildman–Crippen LogP) is 1.58. The molecule has 0 saturated heterocycles. The van der Waals surface area contributed by atoms with E-state index in [-0.39, 0.29) is 5.41 Å². The topological polar surface area (TPSA) is 69.1 Å². The average Bonchev–Trinajstić information content (AvgIpc) is 2.83. The van der Waals surface area contributed by atoms with Crippen LogP contribution in [0, 0.1) is 5.41 Å². The Balaban J connectivity index is 1.90. The van der Waals surface area contributed by atoms with Crippen molar-refractivity contribution in [3.63, 3.8) is 0 Å². The van der Waals surface area contributed by atoms with Crippen LogP contribution in [0.1, 0.15) is 37.9 Å². The third-order valence-electron chi connectivity index (χ3n) is 4.14. The van der Waals surface area contributed by atoms with E-state index < -0.39 is 0 Å². The molecule has 0 aromatic carbocycles. The molecular formula is C13H19N5. The molecule has 0 spiro atoms. The highest BCUT2D eigenvalue weighted by molar-refractivity contribution is 5.26. The number of fused-ring (bicyclic) bond motifs is 1. The second-order valence-electron chi connectivity index (χ2n) is 5.35. The average molecular weight is 245 g/mol. The van der Waals surface area contributed by atoms with E-state index in [0.29, 0.717) is 5.78 Å². The lowest BCUT2D eigenvalue weighted by Gasteiger charge is -2.35. The van der Waals surface area contributed by atoms with Gasteiger partial charge in [0.15, 0.2) is 0 Å². The summed E-state index contributed by atoms with van der Waals surface area (Å²) in [6, 6.07) is 1.91. The Morgan fingerprint density at radius 1 is 1.22 bits per heavy atom. The quantitative estimate of drug-likeness (QED) is 0.891. The lowest BCUT2D eigenvalue weighted by Crippen LogP contribution is -2.35. The maximum Gasteiger partial charge on any atom is 0.254 e. The van der Waals surface area contributed by atoms with Gasteiger partial charge in [0, 0.05) is 18.8 Å². The van der Waals surface area contributed by atoms with E-state index in [2.05, 4.69) is 15.2 Å². The van der Waals surface area contributed by atoms with Crippen LogP contribution in [0.4, 0.5) is 0 Å². The molecule has 0 amide bonds. The van der Waals surface area contributed by atoms with Gasteiger partial charge < -0.3 is 5.73 Å². The lowest BCUT2D eigenvalue weighted by molar-refractivity contribution is 0.193. The molecule has 1 fully saturated rings. The minimum atomic E-state index is 0.219. The second kappa shape index (κ2) is 4.65. The number of hydrogen-bond donors (Lipinski definition) is 1. The molecule has 2 N–H and O–H groups in total. The molecule has 0 radical (unpaired) electrons. The van der Waals surface area contributed by atoms with Gasteiger partial charge in [-0.25, -0.2) is 4.98 Å². The Kier molecular flexibility index (Phi) is 2.99. The van der Waals surface area contributed by atoms with Gasteiger partial charge in [-0.1, -0.05) is 19.3 Å². The summed E-state index contributed by atoms with van der Waals surface area (Å²) >= 11 is 0. The summed E-state index contributed by atoms with van der Waals surface area (Å²) in [5, 5.41) is 8.39. The zero-order valence-corrected chi connectivity index (χ0v) is 10.5. The zero-order valence-electron chi connectivity index (χ0n) is 10.5. The van der Waals surface area contributed by atoms with Crippen molar-refractivity contribution >= 4 is 5.78 Å². The van der Waals surface area contributed by atoms with Gasteiger partial charge in [0.2, 0.25) is 0 Å². The van der Waals surface area contributed by atoms with E-state index >= 15 is 0 Å². The molecule has 3 rings (SSSR count). The highest BCUT2D eigenvalue weighted by atomic mass is 15.3. The highest BCUT2D eigenvalue weighted by Gasteiger charge is 2.32. The van der Waals surface area contributed by atoms with E-state index in [1.807, 2.05) is 16.7 Å². The van der Waals surface area contributed by atoms with Gasteiger partial charge >= 0.3 is 0 Å². The second-order valence-corrected chi connectivity index (χ2v) is 5.35. The largest absolute Gasteiger partial charge is 0.330 e. The smallest absolute Gasteiger partial charge is 0.254 e. The van der Waals surface area contributed by atoms with E-state index in [4.69, 9.17) is 5.73 Å². The molecule has 2 aromatic rings. The molecule has 96 valence electrons. The SMILES string of the molecule is NCC1(Cc2nnc3ncccn23)CCCCC1. The van der Waals surface area contributed by atoms with Crippen molar-refractivity contribution in [2.45, 2.75) is 38.5 Å². The highest BCUT2D eigenvalue weighted by Crippen LogP contribution is 2.37. The van der Waals surface area contributed by atoms with Gasteiger partial charge in [-0.05, 0) is 30.9 Å². The van der Waals surface area contributed by atoms with Crippen molar-refractivity contribution in [1.82, 2.24) is 19.6 Å². The fraction of sp³-hybridized carbons (Fsp3) is 0.615. The minimum Gasteiger partial charge on any atom is -0.330 e. The summed E-state index contributed by atoms with van der Waals surface area (Å²) in [6.45, 7) is 0.738. The van der Waals surface area contributed by atoms with Crippen LogP contribution in [-0.2, 0) is 6.42 Å². The van der Waals surface area contributed by atoms with Gasteiger partial charge in [0.05, 0.1) is 0 Å². The van der Waals surface area contributed by atoms with Gasteiger partial charge in [0.25, 0.3) is 5.78 Å². The molecule has 2 aromatic heterocycles. The van der Waals surface area contributed by atoms with E-state index in [1.54, 1.807) is 6.20 Å². The van der Waals surface area contributed by atoms with Gasteiger partial charge in [-0.3, -0.25) is 4.40 Å². The summed E-state index contributed by atoms with van der Waals surface area (Å²) in [5.74, 6) is 1.67. The summed E-state index contributed by atoms with van der Waals surface area (Å²) < 4.78 is 1.98. The summed E-state index contributed by atoms with van der Waals surface area (Å²) in [6.07, 6.45) is 11.0. The van der Waals surface area contributed by atoms with Crippen LogP contribution in [0.15, 0.2) is 18.5 Å². The number of nitrogens with two attached hydrogens (primary N) is 1. The Morgan fingerprint density at radius 2 is 2.06 bits per heavy atom. The maximum absolute atomic E-state index is 6.03. The first kappa shape index (κ1) is 11.6. The fourth-order valence-corrected chi connectivity index (χ4v) is 3.00. The molecule has 5 nitrogen and oxygen atoms in total. The van der Waals surface area contributed by atoms with Crippen molar-refractivity contribution in [2.75, 3.05) is 6.54 Å². The van der Waals surface area contributed by atoms with Crippen LogP contribution in [0.5, 0.6) is 0 Å². The number of rotatable bonds is 3. The monoisotopic (exact) mass is 245 g/mol. The van der Waals surface area contributed by atoms with Crippen molar-refractivity contribution in [3.8, 4) is 0 Å². The van der Waals surface area contributed by atoms with Crippen molar-refractivity contribution in [3.05, 3.63) is 24.3 Å². The van der Waals surface area contributed by atoms with Gasteiger partial charge in [-0.15, -0.1) is 10.2 Å². The van der Waals surface area contributed by atoms with E-state index in [1.165, 1.54) is 32.1 Å². The molecule has 0 atom stereocenters. The van der Waals surface area contributed by atoms with Gasteiger partial charge in [-0.2, -0.15) is 0 Å².